The van der Waals surface area contributed by atoms with Crippen LogP contribution in [0.4, 0.5) is 20.2 Å². The molecule has 3 aromatic rings. The van der Waals surface area contributed by atoms with Gasteiger partial charge in [-0.1, -0.05) is 6.07 Å². The van der Waals surface area contributed by atoms with Gasteiger partial charge in [0.05, 0.1) is 5.69 Å². The summed E-state index contributed by atoms with van der Waals surface area (Å²) in [5.74, 6) is -0.0964. The van der Waals surface area contributed by atoms with Crippen LogP contribution >= 0.6 is 11.3 Å². The van der Waals surface area contributed by atoms with E-state index in [-0.39, 0.29) is 16.6 Å². The molecule has 164 valence electrons. The largest absolute Gasteiger partial charge is 0.484 e. The van der Waals surface area contributed by atoms with Crippen LogP contribution in [0.25, 0.3) is 0 Å². The number of alkyl halides is 2. The maximum absolute atomic E-state index is 12.5. The third-order valence-electron chi connectivity index (χ3n) is 4.04. The molecule has 3 rings (SSSR count). The minimum Gasteiger partial charge on any atom is -0.484 e. The lowest BCUT2D eigenvalue weighted by molar-refractivity contribution is -0.118. The zero-order valence-electron chi connectivity index (χ0n) is 16.2. The molecule has 0 saturated carbocycles. The van der Waals surface area contributed by atoms with Gasteiger partial charge in [0.25, 0.3) is 15.9 Å². The molecule has 1 N–H and O–H groups in total. The predicted molar refractivity (Wildman–Crippen MR) is 114 cm³/mol. The van der Waals surface area contributed by atoms with Crippen molar-refractivity contribution in [2.75, 3.05) is 23.3 Å². The number of benzene rings is 2. The van der Waals surface area contributed by atoms with Gasteiger partial charge in [0, 0.05) is 12.7 Å². The molecule has 0 fully saturated rings. The number of carbonyl (C=O) groups is 1. The third-order valence-corrected chi connectivity index (χ3v) is 7.20. The SMILES string of the molecule is CN(c1ccc(OCC(=O)Nc2ccc(OC(F)F)cc2)cc1)S(=O)(=O)c1cccs1. The molecule has 0 atom stereocenters. The maximum Gasteiger partial charge on any atom is 0.387 e. The van der Waals surface area contributed by atoms with Gasteiger partial charge < -0.3 is 14.8 Å². The summed E-state index contributed by atoms with van der Waals surface area (Å²) in [5.41, 5.74) is 0.835. The fraction of sp³-hybridized carbons (Fsp3) is 0.150. The number of nitrogens with one attached hydrogen (secondary N) is 1. The molecule has 1 amide bonds. The minimum atomic E-state index is -3.64. The Kier molecular flexibility index (Phi) is 7.08. The summed E-state index contributed by atoms with van der Waals surface area (Å²) in [7, 11) is -2.18. The van der Waals surface area contributed by atoms with Crippen LogP contribution in [0.5, 0.6) is 11.5 Å². The summed E-state index contributed by atoms with van der Waals surface area (Å²) in [5, 5.41) is 4.25. The maximum atomic E-state index is 12.5. The molecule has 1 aromatic heterocycles. The van der Waals surface area contributed by atoms with E-state index >= 15 is 0 Å². The molecular formula is C20H18F2N2O5S2. The van der Waals surface area contributed by atoms with E-state index < -0.39 is 22.5 Å². The second-order valence-corrected chi connectivity index (χ2v) is 9.28. The highest BCUT2D eigenvalue weighted by Gasteiger charge is 2.22. The van der Waals surface area contributed by atoms with Crippen LogP contribution in [0.2, 0.25) is 0 Å². The number of anilines is 2. The molecule has 0 spiro atoms. The van der Waals surface area contributed by atoms with Crippen LogP contribution in [0, 0.1) is 0 Å². The van der Waals surface area contributed by atoms with Crippen molar-refractivity contribution < 1.29 is 31.5 Å². The zero-order valence-corrected chi connectivity index (χ0v) is 17.8. The Labute approximate surface area is 181 Å². The lowest BCUT2D eigenvalue weighted by Gasteiger charge is -2.18. The Morgan fingerprint density at radius 1 is 1.06 bits per heavy atom. The van der Waals surface area contributed by atoms with Crippen molar-refractivity contribution in [3.8, 4) is 11.5 Å². The van der Waals surface area contributed by atoms with Gasteiger partial charge in [-0.2, -0.15) is 8.78 Å². The van der Waals surface area contributed by atoms with Crippen LogP contribution < -0.4 is 19.1 Å². The fourth-order valence-electron chi connectivity index (χ4n) is 2.50. The van der Waals surface area contributed by atoms with Crippen molar-refractivity contribution in [2.24, 2.45) is 0 Å². The number of sulfonamides is 1. The molecule has 0 saturated heterocycles. The molecule has 0 aliphatic rings. The van der Waals surface area contributed by atoms with E-state index in [1.54, 1.807) is 35.7 Å². The number of thiophene rings is 1. The van der Waals surface area contributed by atoms with Crippen LogP contribution in [0.15, 0.2) is 70.3 Å². The van der Waals surface area contributed by atoms with Gasteiger partial charge in [-0.15, -0.1) is 11.3 Å². The van der Waals surface area contributed by atoms with Crippen LogP contribution in [0.1, 0.15) is 0 Å². The molecule has 7 nitrogen and oxygen atoms in total. The minimum absolute atomic E-state index is 0.0181. The summed E-state index contributed by atoms with van der Waals surface area (Å²) >= 11 is 1.13. The highest BCUT2D eigenvalue weighted by molar-refractivity contribution is 7.94. The van der Waals surface area contributed by atoms with Crippen LogP contribution in [-0.4, -0.2) is 34.6 Å². The summed E-state index contributed by atoms with van der Waals surface area (Å²) in [6.45, 7) is -3.21. The van der Waals surface area contributed by atoms with Gasteiger partial charge in [-0.05, 0) is 60.0 Å². The van der Waals surface area contributed by atoms with Gasteiger partial charge in [-0.25, -0.2) is 8.42 Å². The lowest BCUT2D eigenvalue weighted by Crippen LogP contribution is -2.25. The summed E-state index contributed by atoms with van der Waals surface area (Å²) in [6.07, 6.45) is 0. The number of rotatable bonds is 9. The number of carbonyl (C=O) groups excluding carboxylic acids is 1. The van der Waals surface area contributed by atoms with E-state index in [9.17, 15) is 22.0 Å². The fourth-order valence-corrected chi connectivity index (χ4v) is 4.86. The van der Waals surface area contributed by atoms with Gasteiger partial charge >= 0.3 is 6.61 Å². The van der Waals surface area contributed by atoms with E-state index in [2.05, 4.69) is 10.1 Å². The van der Waals surface area contributed by atoms with Crippen molar-refractivity contribution in [3.05, 3.63) is 66.0 Å². The first-order valence-electron chi connectivity index (χ1n) is 8.86. The molecule has 1 heterocycles. The third kappa shape index (κ3) is 5.92. The lowest BCUT2D eigenvalue weighted by atomic mass is 10.3. The van der Waals surface area contributed by atoms with Gasteiger partial charge in [0.1, 0.15) is 15.7 Å². The van der Waals surface area contributed by atoms with E-state index in [0.717, 1.165) is 15.6 Å². The standard InChI is InChI=1S/C20H18F2N2O5S2/c1-24(31(26,27)19-3-2-12-30-19)15-6-10-16(11-7-15)28-13-18(25)23-14-4-8-17(9-5-14)29-20(21)22/h2-12,20H,13H2,1H3,(H,23,25). The zero-order chi connectivity index (χ0) is 22.4. The Morgan fingerprint density at radius 3 is 2.29 bits per heavy atom. The molecule has 11 heteroatoms. The smallest absolute Gasteiger partial charge is 0.387 e. The van der Waals surface area contributed by atoms with E-state index in [1.807, 2.05) is 0 Å². The first kappa shape index (κ1) is 22.5. The van der Waals surface area contributed by atoms with Gasteiger partial charge in [0.15, 0.2) is 6.61 Å². The second-order valence-electron chi connectivity index (χ2n) is 6.14. The second kappa shape index (κ2) is 9.75. The summed E-state index contributed by atoms with van der Waals surface area (Å²) in [4.78, 5) is 12.0. The molecule has 31 heavy (non-hydrogen) atoms. The number of amides is 1. The van der Waals surface area contributed by atoms with Crippen molar-refractivity contribution in [1.82, 2.24) is 0 Å². The van der Waals surface area contributed by atoms with Gasteiger partial charge in [0.2, 0.25) is 0 Å². The van der Waals surface area contributed by atoms with Crippen molar-refractivity contribution in [1.29, 1.82) is 0 Å². The van der Waals surface area contributed by atoms with E-state index in [0.29, 0.717) is 17.1 Å². The average molecular weight is 469 g/mol. The molecule has 0 bridgehead atoms. The molecule has 0 unspecified atom stereocenters. The average Bonchev–Trinajstić information content (AvgIpc) is 3.29. The Morgan fingerprint density at radius 2 is 1.71 bits per heavy atom. The van der Waals surface area contributed by atoms with Crippen molar-refractivity contribution in [2.45, 2.75) is 10.8 Å². The first-order chi connectivity index (χ1) is 14.8. The summed E-state index contributed by atoms with van der Waals surface area (Å²) < 4.78 is 60.4. The molecule has 0 radical (unpaired) electrons. The Hall–Kier alpha value is -3.18. The van der Waals surface area contributed by atoms with Crippen LogP contribution in [-0.2, 0) is 14.8 Å². The normalized spacial score (nSPS) is 11.2. The molecular weight excluding hydrogens is 450 g/mol. The quantitative estimate of drug-likeness (QED) is 0.509. The number of hydrogen-bond donors (Lipinski definition) is 1. The van der Waals surface area contributed by atoms with Gasteiger partial charge in [-0.3, -0.25) is 9.10 Å². The van der Waals surface area contributed by atoms with E-state index in [4.69, 9.17) is 4.74 Å². The monoisotopic (exact) mass is 468 g/mol. The number of nitrogens with zero attached hydrogens (tertiary/aromatic N) is 1. The number of halogens is 2. The topological polar surface area (TPSA) is 84.9 Å². The molecule has 0 aliphatic heterocycles. The number of ether oxygens (including phenoxy) is 2. The first-order valence-corrected chi connectivity index (χ1v) is 11.2. The van der Waals surface area contributed by atoms with Crippen molar-refractivity contribution >= 4 is 38.6 Å². The summed E-state index contributed by atoms with van der Waals surface area (Å²) in [6, 6.07) is 14.9. The predicted octanol–water partition coefficient (Wildman–Crippen LogP) is 4.19. The Bertz CT molecular complexity index is 1100. The highest BCUT2D eigenvalue weighted by atomic mass is 32.2. The van der Waals surface area contributed by atoms with Crippen molar-refractivity contribution in [3.63, 3.8) is 0 Å². The van der Waals surface area contributed by atoms with Crippen LogP contribution in [0.3, 0.4) is 0 Å². The Balaban J connectivity index is 1.53. The number of hydrogen-bond acceptors (Lipinski definition) is 6. The molecule has 0 aliphatic carbocycles. The van der Waals surface area contributed by atoms with E-state index in [1.165, 1.54) is 37.4 Å². The highest BCUT2D eigenvalue weighted by Crippen LogP contribution is 2.26. The molecule has 2 aromatic carbocycles.